The molecule has 0 saturated heterocycles. The summed E-state index contributed by atoms with van der Waals surface area (Å²) < 4.78 is 7.31. The molecule has 0 aliphatic heterocycles. The summed E-state index contributed by atoms with van der Waals surface area (Å²) in [7, 11) is 0. The smallest absolute Gasteiger partial charge is 0.326 e. The Morgan fingerprint density at radius 1 is 1.05 bits per heavy atom. The average Bonchev–Trinajstić information content (AvgIpc) is 3.87. The quantitative estimate of drug-likeness (QED) is 0.253. The van der Waals surface area contributed by atoms with Gasteiger partial charge in [0.25, 0.3) is 11.8 Å². The molecule has 40 heavy (non-hydrogen) atoms. The van der Waals surface area contributed by atoms with Gasteiger partial charge in [0.05, 0.1) is 11.9 Å². The zero-order chi connectivity index (χ0) is 28.4. The van der Waals surface area contributed by atoms with Crippen LogP contribution in [-0.4, -0.2) is 61.5 Å². The van der Waals surface area contributed by atoms with Gasteiger partial charge < -0.3 is 25.3 Å². The molecule has 0 bridgehead atoms. The summed E-state index contributed by atoms with van der Waals surface area (Å²) >= 11 is 0. The standard InChI is InChI=1S/C29H35N5O6/c1-16(2)24(29(38)39)31-27(37)23-15-30-28(40-23)20-6-3-5-19(13-20)21-14-22(34(33-21)11-4-12-35)26(36)32-25(17-7-8-17)18-9-10-18/h3,5-6,13-18,24-25,35H,4,7-12H2,1-2H3,(H,31,37)(H,32,36)(H,38,39). The van der Waals surface area contributed by atoms with Crippen molar-refractivity contribution in [3.8, 4) is 22.7 Å². The van der Waals surface area contributed by atoms with Gasteiger partial charge in [-0.1, -0.05) is 26.0 Å². The highest BCUT2D eigenvalue weighted by Gasteiger charge is 2.42. The van der Waals surface area contributed by atoms with E-state index in [2.05, 4.69) is 20.7 Å². The SMILES string of the molecule is CC(C)C(NC(=O)c1cnc(-c2cccc(-c3cc(C(=O)NC(C4CC4)C4CC4)n(CCCO)n3)c2)o1)C(=O)O. The first-order valence-electron chi connectivity index (χ1n) is 13.8. The maximum absolute atomic E-state index is 13.3. The molecule has 2 aliphatic carbocycles. The molecule has 11 heteroatoms. The molecule has 2 heterocycles. The molecule has 2 amide bonds. The Labute approximate surface area is 232 Å². The highest BCUT2D eigenvalue weighted by atomic mass is 16.4. The number of aromatic nitrogens is 3. The number of rotatable bonds is 13. The molecule has 1 aromatic carbocycles. The lowest BCUT2D eigenvalue weighted by Gasteiger charge is -2.18. The lowest BCUT2D eigenvalue weighted by atomic mass is 10.0. The topological polar surface area (TPSA) is 160 Å². The van der Waals surface area contributed by atoms with Crippen molar-refractivity contribution in [2.45, 2.75) is 64.6 Å². The van der Waals surface area contributed by atoms with Crippen LogP contribution < -0.4 is 10.6 Å². The summed E-state index contributed by atoms with van der Waals surface area (Å²) in [6, 6.07) is 8.16. The first kappa shape index (κ1) is 27.6. The Morgan fingerprint density at radius 2 is 1.75 bits per heavy atom. The molecule has 4 N–H and O–H groups in total. The predicted octanol–water partition coefficient (Wildman–Crippen LogP) is 3.34. The van der Waals surface area contributed by atoms with Crippen molar-refractivity contribution < 1.29 is 29.0 Å². The molecule has 11 nitrogen and oxygen atoms in total. The Morgan fingerprint density at radius 3 is 2.38 bits per heavy atom. The van der Waals surface area contributed by atoms with E-state index in [9.17, 15) is 24.6 Å². The fourth-order valence-electron chi connectivity index (χ4n) is 4.94. The van der Waals surface area contributed by atoms with Crippen LogP contribution in [0.4, 0.5) is 0 Å². The van der Waals surface area contributed by atoms with Gasteiger partial charge in [-0.25, -0.2) is 9.78 Å². The number of aliphatic hydroxyl groups excluding tert-OH is 1. The molecule has 2 aromatic heterocycles. The van der Waals surface area contributed by atoms with E-state index >= 15 is 0 Å². The van der Waals surface area contributed by atoms with E-state index in [0.29, 0.717) is 41.8 Å². The highest BCUT2D eigenvalue weighted by Crippen LogP contribution is 2.44. The van der Waals surface area contributed by atoms with Gasteiger partial charge in [0.2, 0.25) is 11.7 Å². The molecular formula is C29H35N5O6. The molecule has 0 spiro atoms. The first-order valence-corrected chi connectivity index (χ1v) is 13.8. The number of oxazole rings is 1. The van der Waals surface area contributed by atoms with E-state index in [1.165, 1.54) is 6.20 Å². The van der Waals surface area contributed by atoms with Gasteiger partial charge in [-0.05, 0) is 68.1 Å². The number of hydrogen-bond acceptors (Lipinski definition) is 7. The van der Waals surface area contributed by atoms with Crippen LogP contribution >= 0.6 is 0 Å². The maximum atomic E-state index is 13.3. The van der Waals surface area contributed by atoms with Crippen LogP contribution in [0.3, 0.4) is 0 Å². The minimum atomic E-state index is -1.13. The molecule has 2 saturated carbocycles. The highest BCUT2D eigenvalue weighted by molar-refractivity contribution is 5.95. The predicted molar refractivity (Wildman–Crippen MR) is 145 cm³/mol. The van der Waals surface area contributed by atoms with Gasteiger partial charge >= 0.3 is 5.97 Å². The minimum Gasteiger partial charge on any atom is -0.480 e. The van der Waals surface area contributed by atoms with Crippen LogP contribution in [0.15, 0.2) is 40.9 Å². The summed E-state index contributed by atoms with van der Waals surface area (Å²) in [6.45, 7) is 3.80. The number of carboxylic acids is 1. The lowest BCUT2D eigenvalue weighted by molar-refractivity contribution is -0.140. The van der Waals surface area contributed by atoms with Gasteiger partial charge in [-0.3, -0.25) is 14.3 Å². The number of carbonyl (C=O) groups is 3. The maximum Gasteiger partial charge on any atom is 0.326 e. The van der Waals surface area contributed by atoms with E-state index < -0.39 is 17.9 Å². The van der Waals surface area contributed by atoms with Gasteiger partial charge in [0.15, 0.2) is 0 Å². The molecule has 1 unspecified atom stereocenters. The van der Waals surface area contributed by atoms with Crippen molar-refractivity contribution in [1.29, 1.82) is 0 Å². The van der Waals surface area contributed by atoms with Crippen molar-refractivity contribution in [3.63, 3.8) is 0 Å². The third-order valence-corrected chi connectivity index (χ3v) is 7.45. The van der Waals surface area contributed by atoms with Gasteiger partial charge in [-0.15, -0.1) is 0 Å². The number of carbonyl (C=O) groups excluding carboxylic acids is 2. The molecule has 1 atom stereocenters. The number of aryl methyl sites for hydroxylation is 1. The van der Waals surface area contributed by atoms with Gasteiger partial charge in [0.1, 0.15) is 11.7 Å². The van der Waals surface area contributed by atoms with E-state index in [0.717, 1.165) is 31.2 Å². The van der Waals surface area contributed by atoms with Crippen LogP contribution in [0.25, 0.3) is 22.7 Å². The second kappa shape index (κ2) is 11.6. The zero-order valence-electron chi connectivity index (χ0n) is 22.7. The van der Waals surface area contributed by atoms with Crippen molar-refractivity contribution in [3.05, 3.63) is 48.0 Å². The Hall–Kier alpha value is -3.99. The number of nitrogens with zero attached hydrogens (tertiary/aromatic N) is 3. The van der Waals surface area contributed by atoms with E-state index in [4.69, 9.17) is 4.42 Å². The van der Waals surface area contributed by atoms with Crippen molar-refractivity contribution in [2.24, 2.45) is 17.8 Å². The number of hydrogen-bond donors (Lipinski definition) is 4. The second-order valence-corrected chi connectivity index (χ2v) is 11.0. The van der Waals surface area contributed by atoms with Crippen molar-refractivity contribution >= 4 is 17.8 Å². The average molecular weight is 550 g/mol. The van der Waals surface area contributed by atoms with E-state index in [-0.39, 0.29) is 36.1 Å². The van der Waals surface area contributed by atoms with Crippen LogP contribution in [0.1, 0.15) is 67.0 Å². The fourth-order valence-corrected chi connectivity index (χ4v) is 4.94. The van der Waals surface area contributed by atoms with Crippen LogP contribution in [0, 0.1) is 17.8 Å². The number of aliphatic carboxylic acids is 1. The Bertz CT molecular complexity index is 1370. The Balaban J connectivity index is 1.36. The second-order valence-electron chi connectivity index (χ2n) is 11.0. The van der Waals surface area contributed by atoms with Gasteiger partial charge in [0, 0.05) is 30.3 Å². The summed E-state index contributed by atoms with van der Waals surface area (Å²) in [5, 5.41) is 29.1. The number of amides is 2. The monoisotopic (exact) mass is 549 g/mol. The molecule has 2 fully saturated rings. The molecule has 0 radical (unpaired) electrons. The van der Waals surface area contributed by atoms with Crippen molar-refractivity contribution in [1.82, 2.24) is 25.4 Å². The number of carboxylic acid groups (broad SMARTS) is 1. The van der Waals surface area contributed by atoms with Crippen LogP contribution in [-0.2, 0) is 11.3 Å². The van der Waals surface area contributed by atoms with Crippen LogP contribution in [0.5, 0.6) is 0 Å². The van der Waals surface area contributed by atoms with E-state index in [1.807, 2.05) is 6.07 Å². The number of benzene rings is 1. The fraction of sp³-hybridized carbons (Fsp3) is 0.483. The van der Waals surface area contributed by atoms with Crippen molar-refractivity contribution in [2.75, 3.05) is 6.61 Å². The lowest BCUT2D eigenvalue weighted by Crippen LogP contribution is -2.44. The van der Waals surface area contributed by atoms with Crippen LogP contribution in [0.2, 0.25) is 0 Å². The summed E-state index contributed by atoms with van der Waals surface area (Å²) in [5.41, 5.74) is 2.36. The van der Waals surface area contributed by atoms with E-state index in [1.54, 1.807) is 42.8 Å². The number of nitrogens with one attached hydrogen (secondary N) is 2. The molecule has 5 rings (SSSR count). The Kier molecular flexibility index (Phi) is 8.02. The summed E-state index contributed by atoms with van der Waals surface area (Å²) in [5.74, 6) is -1.02. The summed E-state index contributed by atoms with van der Waals surface area (Å²) in [4.78, 5) is 41.6. The summed E-state index contributed by atoms with van der Waals surface area (Å²) in [6.07, 6.45) is 6.36. The number of aliphatic hydroxyl groups is 1. The zero-order valence-corrected chi connectivity index (χ0v) is 22.7. The largest absolute Gasteiger partial charge is 0.480 e. The molecule has 3 aromatic rings. The third kappa shape index (κ3) is 6.25. The minimum absolute atomic E-state index is 0.0109. The first-order chi connectivity index (χ1) is 19.2. The van der Waals surface area contributed by atoms with Gasteiger partial charge in [-0.2, -0.15) is 5.10 Å². The molecule has 2 aliphatic rings. The normalized spacial score (nSPS) is 15.8. The molecular weight excluding hydrogens is 514 g/mol. The molecule has 212 valence electrons. The third-order valence-electron chi connectivity index (χ3n) is 7.45.